The standard InChI is InChI=1S/C17H17N3O/c1-13-5-4-6-14(11-13)9-10-19-17(21)20-16-8-3-2-7-15(16)12-18/h2-8,11H,9-10H2,1H3,(H2,19,20,21). The number of anilines is 1. The fraction of sp³-hybridized carbons (Fsp3) is 0.176. The summed E-state index contributed by atoms with van der Waals surface area (Å²) in [5.41, 5.74) is 3.37. The molecule has 0 aromatic heterocycles. The van der Waals surface area contributed by atoms with E-state index in [1.54, 1.807) is 24.3 Å². The van der Waals surface area contributed by atoms with E-state index in [4.69, 9.17) is 5.26 Å². The van der Waals surface area contributed by atoms with Crippen molar-refractivity contribution in [1.82, 2.24) is 5.32 Å². The summed E-state index contributed by atoms with van der Waals surface area (Å²) in [7, 11) is 0. The lowest BCUT2D eigenvalue weighted by Crippen LogP contribution is -2.30. The summed E-state index contributed by atoms with van der Waals surface area (Å²) in [6.45, 7) is 2.59. The molecule has 0 aliphatic carbocycles. The van der Waals surface area contributed by atoms with Crippen LogP contribution in [0.5, 0.6) is 0 Å². The fourth-order valence-electron chi connectivity index (χ4n) is 2.04. The van der Waals surface area contributed by atoms with E-state index in [-0.39, 0.29) is 6.03 Å². The lowest BCUT2D eigenvalue weighted by Gasteiger charge is -2.09. The van der Waals surface area contributed by atoms with Gasteiger partial charge in [-0.2, -0.15) is 5.26 Å². The molecule has 0 spiro atoms. The van der Waals surface area contributed by atoms with Crippen LogP contribution in [-0.4, -0.2) is 12.6 Å². The summed E-state index contributed by atoms with van der Waals surface area (Å²) < 4.78 is 0. The van der Waals surface area contributed by atoms with E-state index in [1.807, 2.05) is 31.2 Å². The van der Waals surface area contributed by atoms with Crippen LogP contribution in [0.15, 0.2) is 48.5 Å². The summed E-state index contributed by atoms with van der Waals surface area (Å²) in [6, 6.07) is 16.9. The third-order valence-electron chi connectivity index (χ3n) is 3.08. The van der Waals surface area contributed by atoms with Crippen LogP contribution in [0, 0.1) is 18.3 Å². The van der Waals surface area contributed by atoms with Gasteiger partial charge in [0.2, 0.25) is 0 Å². The van der Waals surface area contributed by atoms with Gasteiger partial charge in [-0.1, -0.05) is 42.0 Å². The van der Waals surface area contributed by atoms with Crippen LogP contribution in [0.1, 0.15) is 16.7 Å². The van der Waals surface area contributed by atoms with Gasteiger partial charge >= 0.3 is 6.03 Å². The second kappa shape index (κ2) is 7.11. The molecule has 0 radical (unpaired) electrons. The molecule has 0 aliphatic rings. The van der Waals surface area contributed by atoms with E-state index in [9.17, 15) is 4.79 Å². The molecule has 2 amide bonds. The highest BCUT2D eigenvalue weighted by Gasteiger charge is 2.05. The average Bonchev–Trinajstić information content (AvgIpc) is 2.48. The largest absolute Gasteiger partial charge is 0.338 e. The van der Waals surface area contributed by atoms with Crippen LogP contribution in [0.2, 0.25) is 0 Å². The molecule has 0 saturated carbocycles. The van der Waals surface area contributed by atoms with E-state index in [1.165, 1.54) is 11.1 Å². The van der Waals surface area contributed by atoms with Crippen LogP contribution < -0.4 is 10.6 Å². The smallest absolute Gasteiger partial charge is 0.319 e. The van der Waals surface area contributed by atoms with Crippen molar-refractivity contribution < 1.29 is 4.79 Å². The second-order valence-corrected chi connectivity index (χ2v) is 4.78. The van der Waals surface area contributed by atoms with E-state index >= 15 is 0 Å². The Kier molecular flexibility index (Phi) is 4.94. The van der Waals surface area contributed by atoms with Gasteiger partial charge in [-0.05, 0) is 31.0 Å². The first kappa shape index (κ1) is 14.6. The van der Waals surface area contributed by atoms with Crippen molar-refractivity contribution in [2.24, 2.45) is 0 Å². The molecule has 106 valence electrons. The van der Waals surface area contributed by atoms with Gasteiger partial charge in [0.1, 0.15) is 6.07 Å². The Bertz CT molecular complexity index is 674. The summed E-state index contributed by atoms with van der Waals surface area (Å²) in [4.78, 5) is 11.8. The fourth-order valence-corrected chi connectivity index (χ4v) is 2.04. The quantitative estimate of drug-likeness (QED) is 0.902. The van der Waals surface area contributed by atoms with Crippen molar-refractivity contribution in [2.75, 3.05) is 11.9 Å². The minimum absolute atomic E-state index is 0.301. The first-order chi connectivity index (χ1) is 10.2. The number of hydrogen-bond acceptors (Lipinski definition) is 2. The van der Waals surface area contributed by atoms with Gasteiger partial charge in [0, 0.05) is 6.54 Å². The third kappa shape index (κ3) is 4.36. The number of carbonyl (C=O) groups is 1. The Morgan fingerprint density at radius 1 is 1.19 bits per heavy atom. The molecule has 0 atom stereocenters. The number of benzene rings is 2. The lowest BCUT2D eigenvalue weighted by molar-refractivity contribution is 0.252. The van der Waals surface area contributed by atoms with E-state index < -0.39 is 0 Å². The van der Waals surface area contributed by atoms with Gasteiger partial charge in [0.05, 0.1) is 11.3 Å². The van der Waals surface area contributed by atoms with Crippen molar-refractivity contribution in [3.05, 3.63) is 65.2 Å². The van der Waals surface area contributed by atoms with Crippen LogP contribution in [0.25, 0.3) is 0 Å². The maximum absolute atomic E-state index is 11.8. The zero-order chi connectivity index (χ0) is 15.1. The Balaban J connectivity index is 1.84. The summed E-state index contributed by atoms with van der Waals surface area (Å²) in [5, 5.41) is 14.4. The zero-order valence-electron chi connectivity index (χ0n) is 11.9. The van der Waals surface area contributed by atoms with Gasteiger partial charge < -0.3 is 10.6 Å². The molecule has 4 nitrogen and oxygen atoms in total. The molecule has 2 rings (SSSR count). The zero-order valence-corrected chi connectivity index (χ0v) is 11.9. The predicted octanol–water partition coefficient (Wildman–Crippen LogP) is 3.23. The monoisotopic (exact) mass is 279 g/mol. The number of urea groups is 1. The SMILES string of the molecule is Cc1cccc(CCNC(=O)Nc2ccccc2C#N)c1. The van der Waals surface area contributed by atoms with Crippen molar-refractivity contribution in [2.45, 2.75) is 13.3 Å². The van der Waals surface area contributed by atoms with E-state index in [0.717, 1.165) is 6.42 Å². The first-order valence-corrected chi connectivity index (χ1v) is 6.78. The maximum atomic E-state index is 11.8. The molecule has 2 N–H and O–H groups in total. The topological polar surface area (TPSA) is 64.9 Å². The van der Waals surface area contributed by atoms with Crippen molar-refractivity contribution in [3.63, 3.8) is 0 Å². The van der Waals surface area contributed by atoms with Crippen molar-refractivity contribution in [3.8, 4) is 6.07 Å². The van der Waals surface area contributed by atoms with Gasteiger partial charge in [0.15, 0.2) is 0 Å². The summed E-state index contributed by atoms with van der Waals surface area (Å²) in [5.74, 6) is 0. The Labute approximate surface area is 124 Å². The normalized spacial score (nSPS) is 9.71. The van der Waals surface area contributed by atoms with Crippen LogP contribution in [0.3, 0.4) is 0 Å². The molecule has 0 bridgehead atoms. The van der Waals surface area contributed by atoms with Crippen LogP contribution >= 0.6 is 0 Å². The molecule has 21 heavy (non-hydrogen) atoms. The first-order valence-electron chi connectivity index (χ1n) is 6.78. The highest BCUT2D eigenvalue weighted by Crippen LogP contribution is 2.13. The Hall–Kier alpha value is -2.80. The number of carbonyl (C=O) groups excluding carboxylic acids is 1. The molecule has 0 unspecified atom stereocenters. The molecule has 0 fully saturated rings. The number of nitrogens with one attached hydrogen (secondary N) is 2. The van der Waals surface area contributed by atoms with Crippen LogP contribution in [-0.2, 0) is 6.42 Å². The Morgan fingerprint density at radius 2 is 2.00 bits per heavy atom. The molecule has 2 aromatic carbocycles. The Morgan fingerprint density at radius 3 is 2.76 bits per heavy atom. The molecule has 0 saturated heterocycles. The van der Waals surface area contributed by atoms with Gasteiger partial charge in [-0.15, -0.1) is 0 Å². The number of rotatable bonds is 4. The number of nitrogens with zero attached hydrogens (tertiary/aromatic N) is 1. The van der Waals surface area contributed by atoms with Crippen LogP contribution in [0.4, 0.5) is 10.5 Å². The van der Waals surface area contributed by atoms with Gasteiger partial charge in [-0.25, -0.2) is 4.79 Å². The molecule has 0 aliphatic heterocycles. The number of hydrogen-bond donors (Lipinski definition) is 2. The molecule has 0 heterocycles. The van der Waals surface area contributed by atoms with E-state index in [2.05, 4.69) is 16.7 Å². The highest BCUT2D eigenvalue weighted by atomic mass is 16.2. The minimum Gasteiger partial charge on any atom is -0.338 e. The summed E-state index contributed by atoms with van der Waals surface area (Å²) >= 11 is 0. The molecule has 2 aromatic rings. The van der Waals surface area contributed by atoms with Gasteiger partial charge in [-0.3, -0.25) is 0 Å². The summed E-state index contributed by atoms with van der Waals surface area (Å²) in [6.07, 6.45) is 0.773. The number of amides is 2. The second-order valence-electron chi connectivity index (χ2n) is 4.78. The molecular formula is C17H17N3O. The predicted molar refractivity (Wildman–Crippen MR) is 83.1 cm³/mol. The molecule has 4 heteroatoms. The lowest BCUT2D eigenvalue weighted by atomic mass is 10.1. The van der Waals surface area contributed by atoms with Crippen molar-refractivity contribution >= 4 is 11.7 Å². The van der Waals surface area contributed by atoms with Crippen molar-refractivity contribution in [1.29, 1.82) is 5.26 Å². The van der Waals surface area contributed by atoms with Gasteiger partial charge in [0.25, 0.3) is 0 Å². The molecular weight excluding hydrogens is 262 g/mol. The third-order valence-corrected chi connectivity index (χ3v) is 3.08. The number of nitriles is 1. The number of para-hydroxylation sites is 1. The van der Waals surface area contributed by atoms with E-state index in [0.29, 0.717) is 17.8 Å². The average molecular weight is 279 g/mol. The minimum atomic E-state index is -0.301. The number of aryl methyl sites for hydroxylation is 1. The maximum Gasteiger partial charge on any atom is 0.319 e. The highest BCUT2D eigenvalue weighted by molar-refractivity contribution is 5.90.